The predicted octanol–water partition coefficient (Wildman–Crippen LogP) is 0.209. The number of amides is 1. The fraction of sp³-hybridized carbons (Fsp3) is 0.444. The van der Waals surface area contributed by atoms with Crippen LogP contribution in [-0.2, 0) is 11.3 Å². The minimum absolute atomic E-state index is 0.0569. The minimum atomic E-state index is -0.606. The van der Waals surface area contributed by atoms with Crippen LogP contribution in [-0.4, -0.2) is 22.5 Å². The Bertz CT molecular complexity index is 378. The molecule has 0 fully saturated rings. The second-order valence-electron chi connectivity index (χ2n) is 3.38. The first kappa shape index (κ1) is 9.08. The summed E-state index contributed by atoms with van der Waals surface area (Å²) in [6.45, 7) is 3.14. The molecule has 74 valence electrons. The molecule has 0 radical (unpaired) electrons. The maximum Gasteiger partial charge on any atom is 0.286 e. The number of rotatable bonds is 1. The monoisotopic (exact) mass is 193 g/mol. The first-order valence-corrected chi connectivity index (χ1v) is 4.42. The molecule has 14 heavy (non-hydrogen) atoms. The van der Waals surface area contributed by atoms with Gasteiger partial charge in [0, 0.05) is 12.1 Å². The summed E-state index contributed by atoms with van der Waals surface area (Å²) in [5.41, 5.74) is 6.89. The van der Waals surface area contributed by atoms with E-state index in [-0.39, 0.29) is 11.7 Å². The molecule has 0 aliphatic carbocycles. The van der Waals surface area contributed by atoms with Crippen molar-refractivity contribution >= 4 is 5.91 Å². The van der Waals surface area contributed by atoms with Gasteiger partial charge in [-0.25, -0.2) is 9.97 Å². The van der Waals surface area contributed by atoms with Crippen LogP contribution in [0.2, 0.25) is 0 Å². The number of primary amides is 1. The van der Waals surface area contributed by atoms with Crippen LogP contribution in [0.1, 0.15) is 34.7 Å². The molecule has 2 rings (SSSR count). The van der Waals surface area contributed by atoms with Crippen LogP contribution in [0.3, 0.4) is 0 Å². The molecule has 1 amide bonds. The van der Waals surface area contributed by atoms with Gasteiger partial charge in [0.1, 0.15) is 0 Å². The normalized spacial score (nSPS) is 20.2. The third-order valence-corrected chi connectivity index (χ3v) is 2.26. The lowest BCUT2D eigenvalue weighted by Crippen LogP contribution is -2.21. The number of carbonyl (C=O) groups is 1. The van der Waals surface area contributed by atoms with E-state index >= 15 is 0 Å². The second kappa shape index (κ2) is 3.34. The van der Waals surface area contributed by atoms with Crippen molar-refractivity contribution in [3.63, 3.8) is 0 Å². The third kappa shape index (κ3) is 1.46. The summed E-state index contributed by atoms with van der Waals surface area (Å²) in [6, 6.07) is 0. The van der Waals surface area contributed by atoms with Crippen molar-refractivity contribution < 1.29 is 9.53 Å². The summed E-state index contributed by atoms with van der Waals surface area (Å²) in [6.07, 6.45) is 1.66. The first-order valence-electron chi connectivity index (χ1n) is 4.42. The fourth-order valence-corrected chi connectivity index (χ4v) is 1.49. The average Bonchev–Trinajstić information content (AvgIpc) is 2.17. The lowest BCUT2D eigenvalue weighted by molar-refractivity contribution is 0.0901. The molecule has 1 atom stereocenters. The van der Waals surface area contributed by atoms with Crippen LogP contribution in [0.15, 0.2) is 6.20 Å². The number of hydrogen-bond acceptors (Lipinski definition) is 4. The van der Waals surface area contributed by atoms with Gasteiger partial charge in [0.2, 0.25) is 5.82 Å². The van der Waals surface area contributed by atoms with Crippen LogP contribution in [0.25, 0.3) is 0 Å². The van der Waals surface area contributed by atoms with Gasteiger partial charge in [0.25, 0.3) is 5.91 Å². The Morgan fingerprint density at radius 2 is 2.50 bits per heavy atom. The Hall–Kier alpha value is -1.49. The zero-order valence-corrected chi connectivity index (χ0v) is 7.86. The highest BCUT2D eigenvalue weighted by atomic mass is 16.5. The van der Waals surface area contributed by atoms with Gasteiger partial charge in [-0.2, -0.15) is 0 Å². The maximum atomic E-state index is 10.8. The van der Waals surface area contributed by atoms with Gasteiger partial charge in [-0.1, -0.05) is 6.92 Å². The summed E-state index contributed by atoms with van der Waals surface area (Å²) >= 11 is 0. The fourth-order valence-electron chi connectivity index (χ4n) is 1.49. The van der Waals surface area contributed by atoms with Crippen molar-refractivity contribution in [3.05, 3.63) is 23.3 Å². The Morgan fingerprint density at radius 1 is 1.71 bits per heavy atom. The molecule has 1 aliphatic rings. The lowest BCUT2D eigenvalue weighted by atomic mass is 10.0. The van der Waals surface area contributed by atoms with E-state index in [0.29, 0.717) is 13.2 Å². The van der Waals surface area contributed by atoms with Gasteiger partial charge in [0.05, 0.1) is 18.9 Å². The second-order valence-corrected chi connectivity index (χ2v) is 3.38. The number of nitrogens with zero attached hydrogens (tertiary/aromatic N) is 2. The van der Waals surface area contributed by atoms with Crippen molar-refractivity contribution in [2.24, 2.45) is 5.73 Å². The number of carbonyl (C=O) groups excluding carboxylic acids is 1. The highest BCUT2D eigenvalue weighted by Gasteiger charge is 2.19. The standard InChI is InChI=1S/C9H11N3O2/c1-5-3-14-4-7-6(5)2-11-9(12-7)8(10)13/h2,5H,3-4H2,1H3,(H2,10,13). The predicted molar refractivity (Wildman–Crippen MR) is 48.6 cm³/mol. The minimum Gasteiger partial charge on any atom is -0.375 e. The molecule has 5 nitrogen and oxygen atoms in total. The molecule has 2 heterocycles. The SMILES string of the molecule is CC1COCc2nc(C(N)=O)ncc21. The van der Waals surface area contributed by atoms with Gasteiger partial charge >= 0.3 is 0 Å². The van der Waals surface area contributed by atoms with Gasteiger partial charge < -0.3 is 10.5 Å². The van der Waals surface area contributed by atoms with Gasteiger partial charge in [-0.3, -0.25) is 4.79 Å². The summed E-state index contributed by atoms with van der Waals surface area (Å²) in [4.78, 5) is 18.8. The molecule has 1 unspecified atom stereocenters. The molecule has 0 spiro atoms. The van der Waals surface area contributed by atoms with E-state index in [1.54, 1.807) is 6.20 Å². The van der Waals surface area contributed by atoms with Crippen LogP contribution in [0, 0.1) is 0 Å². The molecule has 0 saturated heterocycles. The number of nitrogens with two attached hydrogens (primary N) is 1. The van der Waals surface area contributed by atoms with Crippen molar-refractivity contribution in [3.8, 4) is 0 Å². The topological polar surface area (TPSA) is 78.1 Å². The van der Waals surface area contributed by atoms with E-state index in [0.717, 1.165) is 11.3 Å². The molecular weight excluding hydrogens is 182 g/mol. The molecule has 1 aromatic rings. The van der Waals surface area contributed by atoms with E-state index in [4.69, 9.17) is 10.5 Å². The third-order valence-electron chi connectivity index (χ3n) is 2.26. The van der Waals surface area contributed by atoms with E-state index in [9.17, 15) is 4.79 Å². The lowest BCUT2D eigenvalue weighted by Gasteiger charge is -2.21. The summed E-state index contributed by atoms with van der Waals surface area (Å²) < 4.78 is 5.30. The molecule has 0 aromatic carbocycles. The quantitative estimate of drug-likeness (QED) is 0.691. The van der Waals surface area contributed by atoms with E-state index in [2.05, 4.69) is 9.97 Å². The smallest absolute Gasteiger partial charge is 0.286 e. The zero-order valence-electron chi connectivity index (χ0n) is 7.86. The van der Waals surface area contributed by atoms with E-state index < -0.39 is 5.91 Å². The van der Waals surface area contributed by atoms with Crippen LogP contribution < -0.4 is 5.73 Å². The van der Waals surface area contributed by atoms with Crippen molar-refractivity contribution in [1.82, 2.24) is 9.97 Å². The summed E-state index contributed by atoms with van der Waals surface area (Å²) in [5, 5.41) is 0. The molecular formula is C9H11N3O2. The van der Waals surface area contributed by atoms with Gasteiger partial charge in [-0.15, -0.1) is 0 Å². The largest absolute Gasteiger partial charge is 0.375 e. The molecule has 5 heteroatoms. The van der Waals surface area contributed by atoms with Crippen LogP contribution >= 0.6 is 0 Å². The van der Waals surface area contributed by atoms with Crippen molar-refractivity contribution in [2.75, 3.05) is 6.61 Å². The Kier molecular flexibility index (Phi) is 2.17. The highest BCUT2D eigenvalue weighted by Crippen LogP contribution is 2.23. The molecule has 1 aromatic heterocycles. The molecule has 0 bridgehead atoms. The Morgan fingerprint density at radius 3 is 3.21 bits per heavy atom. The maximum absolute atomic E-state index is 10.8. The zero-order chi connectivity index (χ0) is 10.1. The Labute approximate surface area is 81.3 Å². The number of aromatic nitrogens is 2. The molecule has 0 saturated carbocycles. The first-order chi connectivity index (χ1) is 6.68. The van der Waals surface area contributed by atoms with Crippen LogP contribution in [0.4, 0.5) is 0 Å². The van der Waals surface area contributed by atoms with Gasteiger partial charge in [0.15, 0.2) is 0 Å². The number of fused-ring (bicyclic) bond motifs is 1. The Balaban J connectivity index is 2.44. The van der Waals surface area contributed by atoms with Gasteiger partial charge in [-0.05, 0) is 5.56 Å². The number of hydrogen-bond donors (Lipinski definition) is 1. The number of ether oxygens (including phenoxy) is 1. The van der Waals surface area contributed by atoms with Crippen molar-refractivity contribution in [1.29, 1.82) is 0 Å². The molecule has 2 N–H and O–H groups in total. The van der Waals surface area contributed by atoms with Crippen LogP contribution in [0.5, 0.6) is 0 Å². The molecule has 1 aliphatic heterocycles. The van der Waals surface area contributed by atoms with E-state index in [1.807, 2.05) is 6.92 Å². The van der Waals surface area contributed by atoms with E-state index in [1.165, 1.54) is 0 Å². The van der Waals surface area contributed by atoms with Crippen molar-refractivity contribution in [2.45, 2.75) is 19.4 Å². The summed E-state index contributed by atoms with van der Waals surface area (Å²) in [7, 11) is 0. The average molecular weight is 193 g/mol. The highest BCUT2D eigenvalue weighted by molar-refractivity contribution is 5.88. The summed E-state index contributed by atoms with van der Waals surface area (Å²) in [5.74, 6) is -0.270.